The molecule has 0 fully saturated rings. The fourth-order valence-corrected chi connectivity index (χ4v) is 2.01. The minimum Gasteiger partial charge on any atom is -0.479 e. The summed E-state index contributed by atoms with van der Waals surface area (Å²) in [7, 11) is 0. The number of aliphatic hydroxyl groups is 1. The number of para-hydroxylation sites is 1. The molecule has 0 saturated heterocycles. The van der Waals surface area contributed by atoms with Crippen molar-refractivity contribution in [3.8, 4) is 5.75 Å². The molecule has 2 aromatic carbocycles. The summed E-state index contributed by atoms with van der Waals surface area (Å²) in [4.78, 5) is 11.2. The van der Waals surface area contributed by atoms with Crippen molar-refractivity contribution in [2.75, 3.05) is 0 Å². The highest BCUT2D eigenvalue weighted by Crippen LogP contribution is 2.31. The van der Waals surface area contributed by atoms with E-state index in [1.165, 1.54) is 0 Å². The van der Waals surface area contributed by atoms with Gasteiger partial charge in [0.25, 0.3) is 0 Å². The van der Waals surface area contributed by atoms with Crippen molar-refractivity contribution >= 4 is 5.97 Å². The van der Waals surface area contributed by atoms with Crippen molar-refractivity contribution in [1.29, 1.82) is 0 Å². The number of aliphatic carboxylic acids is 1. The van der Waals surface area contributed by atoms with Crippen LogP contribution in [0.15, 0.2) is 60.7 Å². The van der Waals surface area contributed by atoms with Gasteiger partial charge in [0.2, 0.25) is 0 Å². The lowest BCUT2D eigenvalue weighted by Gasteiger charge is -2.33. The molecular weight excluding hydrogens is 256 g/mol. The zero-order chi connectivity index (χ0) is 14.6. The van der Waals surface area contributed by atoms with Crippen LogP contribution in [-0.2, 0) is 10.4 Å². The maximum absolute atomic E-state index is 11.2. The van der Waals surface area contributed by atoms with Crippen molar-refractivity contribution in [3.05, 3.63) is 66.2 Å². The van der Waals surface area contributed by atoms with Crippen molar-refractivity contribution in [2.45, 2.75) is 18.6 Å². The van der Waals surface area contributed by atoms with Crippen LogP contribution < -0.4 is 4.74 Å². The Kier molecular flexibility index (Phi) is 4.05. The number of carbonyl (C=O) groups is 1. The normalized spacial score (nSPS) is 15.1. The van der Waals surface area contributed by atoms with E-state index >= 15 is 0 Å². The molecule has 0 aliphatic carbocycles. The van der Waals surface area contributed by atoms with Gasteiger partial charge in [0.05, 0.1) is 0 Å². The van der Waals surface area contributed by atoms with Crippen LogP contribution in [0.4, 0.5) is 0 Å². The number of ether oxygens (including phenoxy) is 1. The maximum Gasteiger partial charge on any atom is 0.337 e. The molecule has 2 N–H and O–H groups in total. The summed E-state index contributed by atoms with van der Waals surface area (Å²) in [6, 6.07) is 17.7. The second-order valence-electron chi connectivity index (χ2n) is 4.63. The molecule has 0 amide bonds. The molecule has 0 spiro atoms. The minimum atomic E-state index is -1.68. The molecule has 0 aliphatic rings. The van der Waals surface area contributed by atoms with Crippen LogP contribution in [-0.4, -0.2) is 22.3 Å². The Balaban J connectivity index is 2.42. The van der Waals surface area contributed by atoms with Gasteiger partial charge in [-0.25, -0.2) is 4.79 Å². The molecule has 0 bridgehead atoms. The number of hydrogen-bond donors (Lipinski definition) is 2. The third-order valence-corrected chi connectivity index (χ3v) is 3.18. The van der Waals surface area contributed by atoms with E-state index in [-0.39, 0.29) is 0 Å². The zero-order valence-electron chi connectivity index (χ0n) is 11.1. The molecule has 0 aliphatic heterocycles. The third-order valence-electron chi connectivity index (χ3n) is 3.18. The fraction of sp³-hybridized carbons (Fsp3) is 0.188. The van der Waals surface area contributed by atoms with Crippen LogP contribution >= 0.6 is 0 Å². The van der Waals surface area contributed by atoms with Gasteiger partial charge in [0.1, 0.15) is 5.75 Å². The molecule has 4 nitrogen and oxygen atoms in total. The molecule has 0 heterocycles. The average Bonchev–Trinajstić information content (AvgIpc) is 2.48. The molecule has 20 heavy (non-hydrogen) atoms. The lowest BCUT2D eigenvalue weighted by Crippen LogP contribution is -2.46. The molecule has 0 radical (unpaired) electrons. The van der Waals surface area contributed by atoms with Crippen molar-refractivity contribution in [2.24, 2.45) is 0 Å². The number of carboxylic acids is 1. The van der Waals surface area contributed by atoms with E-state index in [0.29, 0.717) is 11.3 Å². The molecule has 2 atom stereocenters. The second kappa shape index (κ2) is 5.75. The molecule has 2 rings (SSSR count). The van der Waals surface area contributed by atoms with Gasteiger partial charge < -0.3 is 14.9 Å². The monoisotopic (exact) mass is 272 g/mol. The lowest BCUT2D eigenvalue weighted by molar-refractivity contribution is -0.159. The summed E-state index contributed by atoms with van der Waals surface area (Å²) in [5.74, 6) is -0.827. The van der Waals surface area contributed by atoms with Crippen molar-refractivity contribution < 1.29 is 19.7 Å². The van der Waals surface area contributed by atoms with Crippen LogP contribution in [0.25, 0.3) is 0 Å². The van der Waals surface area contributed by atoms with Crippen LogP contribution in [0.5, 0.6) is 5.75 Å². The summed E-state index contributed by atoms with van der Waals surface area (Å²) >= 11 is 0. The van der Waals surface area contributed by atoms with E-state index in [1.807, 2.05) is 12.1 Å². The van der Waals surface area contributed by atoms with Crippen LogP contribution in [0.3, 0.4) is 0 Å². The van der Waals surface area contributed by atoms with Crippen molar-refractivity contribution in [3.63, 3.8) is 0 Å². The number of benzene rings is 2. The lowest BCUT2D eigenvalue weighted by atomic mass is 9.89. The maximum atomic E-state index is 11.2. The molecule has 0 saturated carbocycles. The Bertz CT molecular complexity index is 568. The summed E-state index contributed by atoms with van der Waals surface area (Å²) in [5.41, 5.74) is -0.771. The summed E-state index contributed by atoms with van der Waals surface area (Å²) in [6.07, 6.45) is -1.68. The number of hydrogen-bond acceptors (Lipinski definition) is 3. The predicted octanol–water partition coefficient (Wildman–Crippen LogP) is 2.43. The number of carboxylic acid groups (broad SMARTS) is 1. The van der Waals surface area contributed by atoms with Crippen LogP contribution in [0, 0.1) is 0 Å². The topological polar surface area (TPSA) is 66.8 Å². The van der Waals surface area contributed by atoms with E-state index in [1.54, 1.807) is 55.5 Å². The van der Waals surface area contributed by atoms with Crippen molar-refractivity contribution in [1.82, 2.24) is 0 Å². The van der Waals surface area contributed by atoms with Gasteiger partial charge >= 0.3 is 5.97 Å². The Morgan fingerprint density at radius 3 is 2.05 bits per heavy atom. The van der Waals surface area contributed by atoms with E-state index in [4.69, 9.17) is 9.84 Å². The van der Waals surface area contributed by atoms with Gasteiger partial charge in [-0.05, 0) is 24.6 Å². The average molecular weight is 272 g/mol. The first-order chi connectivity index (χ1) is 9.54. The van der Waals surface area contributed by atoms with Gasteiger partial charge in [0.15, 0.2) is 11.7 Å². The predicted molar refractivity (Wildman–Crippen MR) is 74.5 cm³/mol. The largest absolute Gasteiger partial charge is 0.479 e. The molecular formula is C16H16O4. The van der Waals surface area contributed by atoms with Gasteiger partial charge in [-0.1, -0.05) is 48.5 Å². The minimum absolute atomic E-state index is 0.499. The quantitative estimate of drug-likeness (QED) is 0.877. The molecule has 0 aromatic heterocycles. The Morgan fingerprint density at radius 1 is 1.05 bits per heavy atom. The summed E-state index contributed by atoms with van der Waals surface area (Å²) in [5, 5.41) is 19.2. The molecule has 104 valence electrons. The van der Waals surface area contributed by atoms with E-state index in [0.717, 1.165) is 0 Å². The van der Waals surface area contributed by atoms with Gasteiger partial charge in [-0.15, -0.1) is 0 Å². The van der Waals surface area contributed by atoms with Gasteiger partial charge in [-0.2, -0.15) is 0 Å². The highest BCUT2D eigenvalue weighted by Gasteiger charge is 2.42. The zero-order valence-corrected chi connectivity index (χ0v) is 11.1. The van der Waals surface area contributed by atoms with Crippen LogP contribution in [0.1, 0.15) is 12.5 Å². The van der Waals surface area contributed by atoms with Gasteiger partial charge in [0, 0.05) is 0 Å². The number of aliphatic hydroxyl groups excluding tert-OH is 1. The van der Waals surface area contributed by atoms with E-state index in [2.05, 4.69) is 0 Å². The standard InChI is InChI=1S/C16H16O4/c1-16(14(17)15(18)19,12-8-4-2-5-9-12)20-13-10-6-3-7-11-13/h2-11,14,17H,1H3,(H,18,19). The van der Waals surface area contributed by atoms with Crippen LogP contribution in [0.2, 0.25) is 0 Å². The third kappa shape index (κ3) is 2.81. The first-order valence-corrected chi connectivity index (χ1v) is 6.24. The first-order valence-electron chi connectivity index (χ1n) is 6.24. The highest BCUT2D eigenvalue weighted by atomic mass is 16.5. The summed E-state index contributed by atoms with van der Waals surface area (Å²) in [6.45, 7) is 1.56. The molecule has 2 unspecified atom stereocenters. The summed E-state index contributed by atoms with van der Waals surface area (Å²) < 4.78 is 5.78. The SMILES string of the molecule is CC(Oc1ccccc1)(c1ccccc1)C(O)C(=O)O. The second-order valence-corrected chi connectivity index (χ2v) is 4.63. The first kappa shape index (κ1) is 14.1. The fourth-order valence-electron chi connectivity index (χ4n) is 2.01. The Labute approximate surface area is 117 Å². The Morgan fingerprint density at radius 2 is 1.55 bits per heavy atom. The Hall–Kier alpha value is -2.33. The number of rotatable bonds is 5. The highest BCUT2D eigenvalue weighted by molar-refractivity contribution is 5.74. The van der Waals surface area contributed by atoms with E-state index < -0.39 is 17.7 Å². The molecule has 2 aromatic rings. The van der Waals surface area contributed by atoms with E-state index in [9.17, 15) is 9.90 Å². The molecule has 4 heteroatoms. The van der Waals surface area contributed by atoms with Gasteiger partial charge in [-0.3, -0.25) is 0 Å². The smallest absolute Gasteiger partial charge is 0.337 e.